The van der Waals surface area contributed by atoms with Crippen molar-refractivity contribution in [1.82, 2.24) is 4.98 Å². The van der Waals surface area contributed by atoms with Crippen LogP contribution in [0.2, 0.25) is 0 Å². The Labute approximate surface area is 110 Å². The van der Waals surface area contributed by atoms with Gasteiger partial charge in [0, 0.05) is 6.07 Å². The quantitative estimate of drug-likeness (QED) is 0.860. The molecule has 0 amide bonds. The third-order valence-electron chi connectivity index (χ3n) is 2.17. The van der Waals surface area contributed by atoms with Gasteiger partial charge in [-0.15, -0.1) is 0 Å². The predicted molar refractivity (Wildman–Crippen MR) is 66.3 cm³/mol. The lowest BCUT2D eigenvalue weighted by Crippen LogP contribution is -1.96. The summed E-state index contributed by atoms with van der Waals surface area (Å²) >= 11 is 2.89. The zero-order valence-electron chi connectivity index (χ0n) is 8.92. The van der Waals surface area contributed by atoms with Gasteiger partial charge in [0.1, 0.15) is 23.4 Å². The van der Waals surface area contributed by atoms with E-state index in [2.05, 4.69) is 26.2 Å². The minimum atomic E-state index is -0.590. The smallest absolute Gasteiger partial charge is 0.147 e. The predicted octanol–water partition coefficient (Wildman–Crippen LogP) is 3.74. The molecule has 0 atom stereocenters. The number of nitrogens with zero attached hydrogens (tertiary/aromatic N) is 2. The van der Waals surface area contributed by atoms with Crippen LogP contribution in [-0.2, 0) is 0 Å². The van der Waals surface area contributed by atoms with Crippen molar-refractivity contribution in [1.29, 1.82) is 5.26 Å². The molecule has 2 aromatic rings. The summed E-state index contributed by atoms with van der Waals surface area (Å²) in [5.41, 5.74) is 0.722. The zero-order chi connectivity index (χ0) is 13.1. The van der Waals surface area contributed by atoms with Crippen LogP contribution in [0.3, 0.4) is 0 Å². The van der Waals surface area contributed by atoms with E-state index in [0.29, 0.717) is 5.69 Å². The third kappa shape index (κ3) is 2.63. The van der Waals surface area contributed by atoms with E-state index < -0.39 is 11.6 Å². The summed E-state index contributed by atoms with van der Waals surface area (Å²) in [7, 11) is 0. The lowest BCUT2D eigenvalue weighted by Gasteiger charge is -2.08. The van der Waals surface area contributed by atoms with Gasteiger partial charge < -0.3 is 5.32 Å². The third-order valence-corrected chi connectivity index (χ3v) is 2.77. The maximum atomic E-state index is 13.5. The molecule has 6 heteroatoms. The van der Waals surface area contributed by atoms with Crippen molar-refractivity contribution in [2.24, 2.45) is 0 Å². The number of anilines is 2. The molecule has 3 nitrogen and oxygen atoms in total. The Bertz CT molecular complexity index is 620. The van der Waals surface area contributed by atoms with Crippen molar-refractivity contribution in [2.45, 2.75) is 0 Å². The van der Waals surface area contributed by atoms with Gasteiger partial charge in [-0.25, -0.2) is 13.8 Å². The van der Waals surface area contributed by atoms with Crippen LogP contribution in [0, 0.1) is 23.0 Å². The van der Waals surface area contributed by atoms with Crippen LogP contribution in [0.15, 0.2) is 34.9 Å². The Hall–Kier alpha value is -2.00. The normalized spacial score (nSPS) is 9.89. The van der Waals surface area contributed by atoms with Gasteiger partial charge in [-0.05, 0) is 34.1 Å². The van der Waals surface area contributed by atoms with Gasteiger partial charge in [0.15, 0.2) is 0 Å². The van der Waals surface area contributed by atoms with E-state index in [-0.39, 0.29) is 15.9 Å². The highest BCUT2D eigenvalue weighted by Crippen LogP contribution is 2.25. The first-order valence-corrected chi connectivity index (χ1v) is 5.67. The first kappa shape index (κ1) is 12.5. The first-order chi connectivity index (χ1) is 8.60. The minimum absolute atomic E-state index is 0.00204. The van der Waals surface area contributed by atoms with Crippen LogP contribution in [0.5, 0.6) is 0 Å². The average Bonchev–Trinajstić information content (AvgIpc) is 2.37. The molecule has 0 saturated carbocycles. The van der Waals surface area contributed by atoms with Gasteiger partial charge in [0.25, 0.3) is 0 Å². The molecule has 90 valence electrons. The van der Waals surface area contributed by atoms with Crippen molar-refractivity contribution in [3.63, 3.8) is 0 Å². The minimum Gasteiger partial charge on any atom is -0.352 e. The lowest BCUT2D eigenvalue weighted by molar-refractivity contribution is 0.598. The van der Waals surface area contributed by atoms with Crippen molar-refractivity contribution in [3.8, 4) is 6.07 Å². The van der Waals surface area contributed by atoms with Crippen LogP contribution in [-0.4, -0.2) is 4.98 Å². The fraction of sp³-hybridized carbons (Fsp3) is 0. The average molecular weight is 310 g/mol. The number of aromatic nitrogens is 1. The molecule has 18 heavy (non-hydrogen) atoms. The molecule has 0 aliphatic heterocycles. The number of halogens is 3. The Kier molecular flexibility index (Phi) is 3.53. The van der Waals surface area contributed by atoms with E-state index in [9.17, 15) is 8.78 Å². The van der Waals surface area contributed by atoms with E-state index in [1.54, 1.807) is 6.07 Å². The van der Waals surface area contributed by atoms with Crippen LogP contribution in [0.4, 0.5) is 20.2 Å². The van der Waals surface area contributed by atoms with Crippen molar-refractivity contribution in [3.05, 3.63) is 52.3 Å². The summed E-state index contributed by atoms with van der Waals surface area (Å²) in [6, 6.07) is 6.98. The van der Waals surface area contributed by atoms with E-state index in [1.165, 1.54) is 12.3 Å². The molecule has 0 unspecified atom stereocenters. The van der Waals surface area contributed by atoms with E-state index >= 15 is 0 Å². The number of hydrogen-bond acceptors (Lipinski definition) is 3. The lowest BCUT2D eigenvalue weighted by atomic mass is 10.2. The molecule has 1 N–H and O–H groups in total. The molecule has 2 rings (SSSR count). The Morgan fingerprint density at radius 2 is 2.00 bits per heavy atom. The first-order valence-electron chi connectivity index (χ1n) is 4.88. The molecule has 0 aliphatic rings. The second-order valence-corrected chi connectivity index (χ2v) is 4.27. The van der Waals surface area contributed by atoms with Crippen molar-refractivity contribution < 1.29 is 8.78 Å². The van der Waals surface area contributed by atoms with Gasteiger partial charge in [-0.3, -0.25) is 0 Å². The van der Waals surface area contributed by atoms with Gasteiger partial charge in [-0.2, -0.15) is 5.26 Å². The maximum absolute atomic E-state index is 13.5. The van der Waals surface area contributed by atoms with Gasteiger partial charge in [0.2, 0.25) is 0 Å². The van der Waals surface area contributed by atoms with Gasteiger partial charge in [-0.1, -0.05) is 0 Å². The van der Waals surface area contributed by atoms with E-state index in [0.717, 1.165) is 12.1 Å². The molecule has 0 bridgehead atoms. The molecule has 0 spiro atoms. The fourth-order valence-electron chi connectivity index (χ4n) is 1.31. The molecule has 0 saturated heterocycles. The standard InChI is InChI=1S/C12H6BrF2N3/c13-9-3-11(15)12(4-10(9)14)18-8-2-1-7(5-16)17-6-8/h1-4,6,18H. The fourth-order valence-corrected chi connectivity index (χ4v) is 1.62. The largest absolute Gasteiger partial charge is 0.352 e. The molecule has 0 radical (unpaired) electrons. The summed E-state index contributed by atoms with van der Waals surface area (Å²) in [5, 5.41) is 11.3. The van der Waals surface area contributed by atoms with Crippen molar-refractivity contribution >= 4 is 27.3 Å². The van der Waals surface area contributed by atoms with Crippen LogP contribution in [0.25, 0.3) is 0 Å². The van der Waals surface area contributed by atoms with E-state index in [1.807, 2.05) is 6.07 Å². The van der Waals surface area contributed by atoms with Crippen LogP contribution >= 0.6 is 15.9 Å². The monoisotopic (exact) mass is 309 g/mol. The number of benzene rings is 1. The molecule has 1 aromatic heterocycles. The molecule has 1 heterocycles. The highest BCUT2D eigenvalue weighted by molar-refractivity contribution is 9.10. The van der Waals surface area contributed by atoms with Gasteiger partial charge >= 0.3 is 0 Å². The van der Waals surface area contributed by atoms with E-state index in [4.69, 9.17) is 5.26 Å². The Balaban J connectivity index is 2.28. The Morgan fingerprint density at radius 3 is 2.61 bits per heavy atom. The summed E-state index contributed by atoms with van der Waals surface area (Å²) < 4.78 is 26.9. The zero-order valence-corrected chi connectivity index (χ0v) is 10.5. The number of nitriles is 1. The number of nitrogens with one attached hydrogen (secondary N) is 1. The molecule has 1 aromatic carbocycles. The molecule has 0 aliphatic carbocycles. The molecule has 0 fully saturated rings. The topological polar surface area (TPSA) is 48.7 Å². The second kappa shape index (κ2) is 5.10. The summed E-state index contributed by atoms with van der Waals surface area (Å²) in [6.07, 6.45) is 1.37. The maximum Gasteiger partial charge on any atom is 0.147 e. The number of hydrogen-bond donors (Lipinski definition) is 1. The highest BCUT2D eigenvalue weighted by atomic mass is 79.9. The SMILES string of the molecule is N#Cc1ccc(Nc2cc(F)c(Br)cc2F)cn1. The van der Waals surface area contributed by atoms with Gasteiger partial charge in [0.05, 0.1) is 22.0 Å². The summed E-state index contributed by atoms with van der Waals surface area (Å²) in [6.45, 7) is 0. The molecular weight excluding hydrogens is 304 g/mol. The second-order valence-electron chi connectivity index (χ2n) is 3.42. The Morgan fingerprint density at radius 1 is 1.22 bits per heavy atom. The van der Waals surface area contributed by atoms with Crippen LogP contribution < -0.4 is 5.32 Å². The number of pyridine rings is 1. The number of rotatable bonds is 2. The summed E-state index contributed by atoms with van der Waals surface area (Å²) in [5.74, 6) is -1.16. The van der Waals surface area contributed by atoms with Crippen molar-refractivity contribution in [2.75, 3.05) is 5.32 Å². The highest BCUT2D eigenvalue weighted by Gasteiger charge is 2.08. The summed E-state index contributed by atoms with van der Waals surface area (Å²) in [4.78, 5) is 3.81. The van der Waals surface area contributed by atoms with Crippen LogP contribution in [0.1, 0.15) is 5.69 Å². The molecular formula is C12H6BrF2N3.